The second-order valence-electron chi connectivity index (χ2n) is 6.26. The van der Waals surface area contributed by atoms with Crippen molar-refractivity contribution in [1.82, 2.24) is 0 Å². The van der Waals surface area contributed by atoms with Gasteiger partial charge in [0.25, 0.3) is 0 Å². The zero-order chi connectivity index (χ0) is 16.7. The van der Waals surface area contributed by atoms with Crippen LogP contribution in [0.1, 0.15) is 35.7 Å². The third-order valence-corrected chi connectivity index (χ3v) is 3.89. The average molecular weight is 320 g/mol. The summed E-state index contributed by atoms with van der Waals surface area (Å²) in [5, 5.41) is 0.872. The number of rotatable bonds is 3. The number of hydrogen-bond acceptors (Lipinski definition) is 4. The Morgan fingerprint density at radius 3 is 2.88 bits per heavy atom. The third-order valence-electron chi connectivity index (χ3n) is 3.89. The maximum absolute atomic E-state index is 12.3. The van der Waals surface area contributed by atoms with Crippen LogP contribution in [0.25, 0.3) is 23.1 Å². The zero-order valence-electron chi connectivity index (χ0n) is 13.4. The number of benzene rings is 1. The maximum atomic E-state index is 12.3. The minimum absolute atomic E-state index is 0.211. The summed E-state index contributed by atoms with van der Waals surface area (Å²) in [6.07, 6.45) is 8.59. The molecule has 3 aromatic rings. The van der Waals surface area contributed by atoms with Gasteiger partial charge < -0.3 is 13.6 Å². The summed E-state index contributed by atoms with van der Waals surface area (Å²) >= 11 is 0. The fourth-order valence-corrected chi connectivity index (χ4v) is 2.70. The van der Waals surface area contributed by atoms with Crippen molar-refractivity contribution in [2.45, 2.75) is 19.4 Å². The van der Waals surface area contributed by atoms with E-state index < -0.39 is 0 Å². The first kappa shape index (κ1) is 14.6. The van der Waals surface area contributed by atoms with Gasteiger partial charge in [0, 0.05) is 5.39 Å². The molecule has 0 saturated carbocycles. The van der Waals surface area contributed by atoms with Crippen molar-refractivity contribution in [2.75, 3.05) is 0 Å². The van der Waals surface area contributed by atoms with Crippen LogP contribution >= 0.6 is 0 Å². The lowest BCUT2D eigenvalue weighted by Gasteiger charge is -2.27. The van der Waals surface area contributed by atoms with Gasteiger partial charge in [0.05, 0.1) is 11.8 Å². The summed E-state index contributed by atoms with van der Waals surface area (Å²) in [5.41, 5.74) is 1.17. The van der Waals surface area contributed by atoms with Crippen molar-refractivity contribution >= 4 is 28.9 Å². The molecule has 0 atom stereocenters. The van der Waals surface area contributed by atoms with E-state index in [1.807, 2.05) is 38.1 Å². The highest BCUT2D eigenvalue weighted by Crippen LogP contribution is 2.37. The molecule has 0 aliphatic carbocycles. The van der Waals surface area contributed by atoms with Crippen molar-refractivity contribution in [3.8, 4) is 5.75 Å². The molecular weight excluding hydrogens is 304 g/mol. The minimum atomic E-state index is -0.350. The van der Waals surface area contributed by atoms with Crippen LogP contribution in [0.3, 0.4) is 0 Å². The van der Waals surface area contributed by atoms with Crippen LogP contribution in [0.15, 0.2) is 57.6 Å². The molecule has 0 bridgehead atoms. The molecule has 2 aromatic heterocycles. The van der Waals surface area contributed by atoms with Gasteiger partial charge in [0.2, 0.25) is 5.78 Å². The summed E-state index contributed by atoms with van der Waals surface area (Å²) in [4.78, 5) is 12.3. The maximum Gasteiger partial charge on any atom is 0.221 e. The molecular formula is C20H16O4. The van der Waals surface area contributed by atoms with E-state index in [2.05, 4.69) is 0 Å². The largest absolute Gasteiger partial charge is 0.483 e. The minimum Gasteiger partial charge on any atom is -0.483 e. The van der Waals surface area contributed by atoms with Crippen LogP contribution in [0, 0.1) is 0 Å². The van der Waals surface area contributed by atoms with Crippen molar-refractivity contribution in [3.05, 3.63) is 65.8 Å². The van der Waals surface area contributed by atoms with Crippen molar-refractivity contribution in [3.63, 3.8) is 0 Å². The third kappa shape index (κ3) is 2.56. The Hall–Kier alpha value is -3.01. The van der Waals surface area contributed by atoms with Gasteiger partial charge in [-0.15, -0.1) is 0 Å². The highest BCUT2D eigenvalue weighted by atomic mass is 16.5. The van der Waals surface area contributed by atoms with E-state index in [1.165, 1.54) is 6.08 Å². The number of furan rings is 2. The zero-order valence-corrected chi connectivity index (χ0v) is 13.4. The van der Waals surface area contributed by atoms with Gasteiger partial charge in [-0.3, -0.25) is 4.79 Å². The summed E-state index contributed by atoms with van der Waals surface area (Å²) < 4.78 is 16.9. The molecule has 0 unspecified atom stereocenters. The number of ether oxygens (including phenoxy) is 1. The van der Waals surface area contributed by atoms with Crippen LogP contribution in [0.2, 0.25) is 0 Å². The molecule has 120 valence electrons. The van der Waals surface area contributed by atoms with E-state index in [4.69, 9.17) is 13.6 Å². The van der Waals surface area contributed by atoms with E-state index in [0.29, 0.717) is 17.1 Å². The molecule has 4 heteroatoms. The second-order valence-corrected chi connectivity index (χ2v) is 6.26. The number of fused-ring (bicyclic) bond motifs is 3. The number of carbonyl (C=O) groups excluding carboxylic acids is 1. The Bertz CT molecular complexity index is 969. The first-order valence-electron chi connectivity index (χ1n) is 7.73. The highest BCUT2D eigenvalue weighted by molar-refractivity contribution is 6.07. The second kappa shape index (κ2) is 5.27. The Morgan fingerprint density at radius 1 is 1.21 bits per heavy atom. The molecule has 1 aliphatic rings. The lowest BCUT2D eigenvalue weighted by molar-refractivity contribution is 0.102. The Labute approximate surface area is 139 Å². The standard InChI is InChI=1S/C20H16O4/c1-20(2)10-9-15-17(24-20)8-5-13-12-18(23-19(13)15)16(21)7-6-14-4-3-11-22-14/h3-12H,1-2H3/b7-6+. The number of hydrogen-bond donors (Lipinski definition) is 0. The summed E-state index contributed by atoms with van der Waals surface area (Å²) in [6, 6.07) is 9.11. The van der Waals surface area contributed by atoms with Gasteiger partial charge >= 0.3 is 0 Å². The van der Waals surface area contributed by atoms with Crippen LogP contribution < -0.4 is 4.74 Å². The van der Waals surface area contributed by atoms with Gasteiger partial charge in [-0.05, 0) is 68.5 Å². The summed E-state index contributed by atoms with van der Waals surface area (Å²) in [7, 11) is 0. The van der Waals surface area contributed by atoms with Crippen LogP contribution in [-0.2, 0) is 0 Å². The average Bonchev–Trinajstić information content (AvgIpc) is 3.20. The fourth-order valence-electron chi connectivity index (χ4n) is 2.70. The molecule has 3 heterocycles. The first-order valence-corrected chi connectivity index (χ1v) is 7.73. The highest BCUT2D eigenvalue weighted by Gasteiger charge is 2.24. The normalized spacial score (nSPS) is 15.6. The quantitative estimate of drug-likeness (QED) is 0.497. The summed E-state index contributed by atoms with van der Waals surface area (Å²) in [6.45, 7) is 3.99. The van der Waals surface area contributed by atoms with Crippen LogP contribution in [0.5, 0.6) is 5.75 Å². The molecule has 0 spiro atoms. The number of ketones is 1. The topological polar surface area (TPSA) is 52.6 Å². The Balaban J connectivity index is 1.70. The Morgan fingerprint density at radius 2 is 2.08 bits per heavy atom. The van der Waals surface area contributed by atoms with Crippen molar-refractivity contribution in [2.24, 2.45) is 0 Å². The first-order chi connectivity index (χ1) is 11.5. The molecule has 0 saturated heterocycles. The van der Waals surface area contributed by atoms with Gasteiger partial charge in [0.15, 0.2) is 5.76 Å². The van der Waals surface area contributed by atoms with Crippen LogP contribution in [0.4, 0.5) is 0 Å². The molecule has 4 rings (SSSR count). The molecule has 1 aliphatic heterocycles. The lowest BCUT2D eigenvalue weighted by atomic mass is 10.0. The van der Waals surface area contributed by atoms with E-state index in [9.17, 15) is 4.79 Å². The van der Waals surface area contributed by atoms with Crippen molar-refractivity contribution in [1.29, 1.82) is 0 Å². The van der Waals surface area contributed by atoms with E-state index in [-0.39, 0.29) is 11.4 Å². The van der Waals surface area contributed by atoms with Gasteiger partial charge in [-0.2, -0.15) is 0 Å². The lowest BCUT2D eigenvalue weighted by Crippen LogP contribution is -2.27. The van der Waals surface area contributed by atoms with E-state index in [1.54, 1.807) is 30.5 Å². The monoisotopic (exact) mass is 320 g/mol. The SMILES string of the molecule is CC1(C)C=Cc2c(ccc3cc(C(=O)/C=C/c4ccco4)oc23)O1. The van der Waals surface area contributed by atoms with Gasteiger partial charge in [0.1, 0.15) is 22.7 Å². The molecule has 4 nitrogen and oxygen atoms in total. The molecule has 1 aromatic carbocycles. The molecule has 0 amide bonds. The number of carbonyl (C=O) groups is 1. The molecule has 24 heavy (non-hydrogen) atoms. The van der Waals surface area contributed by atoms with Crippen molar-refractivity contribution < 1.29 is 18.4 Å². The summed E-state index contributed by atoms with van der Waals surface area (Å²) in [5.74, 6) is 1.46. The van der Waals surface area contributed by atoms with Gasteiger partial charge in [-0.1, -0.05) is 0 Å². The smallest absolute Gasteiger partial charge is 0.221 e. The number of allylic oxidation sites excluding steroid dienone is 1. The van der Waals surface area contributed by atoms with Gasteiger partial charge in [-0.25, -0.2) is 0 Å². The van der Waals surface area contributed by atoms with E-state index in [0.717, 1.165) is 16.7 Å². The predicted molar refractivity (Wildman–Crippen MR) is 92.0 cm³/mol. The fraction of sp³-hybridized carbons (Fsp3) is 0.150. The predicted octanol–water partition coefficient (Wildman–Crippen LogP) is 5.11. The molecule has 0 N–H and O–H groups in total. The Kier molecular flexibility index (Phi) is 3.20. The molecule has 0 fully saturated rings. The van der Waals surface area contributed by atoms with Crippen LogP contribution in [-0.4, -0.2) is 11.4 Å². The molecule has 0 radical (unpaired) electrons. The van der Waals surface area contributed by atoms with E-state index >= 15 is 0 Å².